The van der Waals surface area contributed by atoms with Gasteiger partial charge in [0.15, 0.2) is 0 Å². The average molecular weight is 240 g/mol. The lowest BCUT2D eigenvalue weighted by molar-refractivity contribution is 0.0929. The molecule has 1 amide bonds. The number of carbonyl (C=O) groups excluding carboxylic acids is 1. The molecule has 3 nitrogen and oxygen atoms in total. The van der Waals surface area contributed by atoms with Gasteiger partial charge in [-0.25, -0.2) is 8.78 Å². The third-order valence-electron chi connectivity index (χ3n) is 2.93. The second-order valence-electron chi connectivity index (χ2n) is 4.28. The second kappa shape index (κ2) is 4.79. The molecule has 0 bridgehead atoms. The van der Waals surface area contributed by atoms with Gasteiger partial charge in [0.1, 0.15) is 11.6 Å². The van der Waals surface area contributed by atoms with Crippen LogP contribution in [0.5, 0.6) is 0 Å². The average Bonchev–Trinajstić information content (AvgIpc) is 3.13. The summed E-state index contributed by atoms with van der Waals surface area (Å²) in [4.78, 5) is 11.7. The van der Waals surface area contributed by atoms with E-state index >= 15 is 0 Å². The van der Waals surface area contributed by atoms with Crippen LogP contribution < -0.4 is 11.1 Å². The molecule has 1 fully saturated rings. The van der Waals surface area contributed by atoms with Gasteiger partial charge >= 0.3 is 0 Å². The number of carbonyl (C=O) groups is 1. The number of amides is 1. The molecule has 0 spiro atoms. The Morgan fingerprint density at radius 1 is 1.47 bits per heavy atom. The van der Waals surface area contributed by atoms with Crippen LogP contribution in [0.3, 0.4) is 0 Å². The van der Waals surface area contributed by atoms with Crippen LogP contribution in [0.4, 0.5) is 8.78 Å². The molecule has 5 heteroatoms. The number of hydrogen-bond acceptors (Lipinski definition) is 2. The van der Waals surface area contributed by atoms with Gasteiger partial charge in [-0.2, -0.15) is 0 Å². The van der Waals surface area contributed by atoms with Crippen molar-refractivity contribution < 1.29 is 13.6 Å². The Morgan fingerprint density at radius 3 is 2.76 bits per heavy atom. The standard InChI is InChI=1S/C12H14F2N2O/c13-8-3-4-10(14)9(5-8)12(17)16-11(6-15)7-1-2-7/h3-5,7,11H,1-2,6,15H2,(H,16,17). The molecule has 2 rings (SSSR count). The van der Waals surface area contributed by atoms with E-state index in [-0.39, 0.29) is 11.6 Å². The predicted octanol–water partition coefficient (Wildman–Crippen LogP) is 1.43. The van der Waals surface area contributed by atoms with Crippen molar-refractivity contribution in [3.8, 4) is 0 Å². The summed E-state index contributed by atoms with van der Waals surface area (Å²) in [7, 11) is 0. The van der Waals surface area contributed by atoms with Crippen molar-refractivity contribution >= 4 is 5.91 Å². The molecule has 0 heterocycles. The molecule has 1 saturated carbocycles. The SMILES string of the molecule is NCC(NC(=O)c1cc(F)ccc1F)C1CC1. The molecule has 1 aliphatic carbocycles. The van der Waals surface area contributed by atoms with Gasteiger partial charge in [0.2, 0.25) is 0 Å². The van der Waals surface area contributed by atoms with Crippen LogP contribution in [-0.4, -0.2) is 18.5 Å². The Labute approximate surface area is 98.0 Å². The Hall–Kier alpha value is -1.49. The largest absolute Gasteiger partial charge is 0.348 e. The number of halogens is 2. The van der Waals surface area contributed by atoms with Gasteiger partial charge in [-0.3, -0.25) is 4.79 Å². The van der Waals surface area contributed by atoms with E-state index < -0.39 is 17.5 Å². The van der Waals surface area contributed by atoms with Crippen LogP contribution in [0, 0.1) is 17.6 Å². The summed E-state index contributed by atoms with van der Waals surface area (Å²) in [6.07, 6.45) is 2.04. The zero-order valence-electron chi connectivity index (χ0n) is 9.25. The lowest BCUT2D eigenvalue weighted by Gasteiger charge is -2.16. The van der Waals surface area contributed by atoms with Gasteiger partial charge in [-0.1, -0.05) is 0 Å². The fourth-order valence-corrected chi connectivity index (χ4v) is 1.79. The highest BCUT2D eigenvalue weighted by atomic mass is 19.1. The monoisotopic (exact) mass is 240 g/mol. The zero-order chi connectivity index (χ0) is 12.4. The Balaban J connectivity index is 2.10. The summed E-state index contributed by atoms with van der Waals surface area (Å²) in [5.41, 5.74) is 5.25. The van der Waals surface area contributed by atoms with Crippen LogP contribution in [-0.2, 0) is 0 Å². The highest BCUT2D eigenvalue weighted by molar-refractivity contribution is 5.94. The van der Waals surface area contributed by atoms with Gasteiger partial charge in [-0.05, 0) is 37.0 Å². The predicted molar refractivity (Wildman–Crippen MR) is 59.4 cm³/mol. The minimum Gasteiger partial charge on any atom is -0.348 e. The summed E-state index contributed by atoms with van der Waals surface area (Å²) < 4.78 is 26.3. The Bertz CT molecular complexity index is 433. The summed E-state index contributed by atoms with van der Waals surface area (Å²) in [6, 6.07) is 2.67. The number of rotatable bonds is 4. The first-order valence-electron chi connectivity index (χ1n) is 5.58. The normalized spacial score (nSPS) is 16.6. The van der Waals surface area contributed by atoms with Gasteiger partial charge in [0.05, 0.1) is 5.56 Å². The van der Waals surface area contributed by atoms with E-state index in [1.54, 1.807) is 0 Å². The molecule has 0 aliphatic heterocycles. The minimum absolute atomic E-state index is 0.148. The number of nitrogens with one attached hydrogen (secondary N) is 1. The molecule has 1 aromatic carbocycles. The van der Waals surface area contributed by atoms with Crippen molar-refractivity contribution in [2.75, 3.05) is 6.54 Å². The molecular weight excluding hydrogens is 226 g/mol. The molecule has 3 N–H and O–H groups in total. The van der Waals surface area contributed by atoms with Crippen LogP contribution in [0.1, 0.15) is 23.2 Å². The first-order chi connectivity index (χ1) is 8.11. The molecule has 0 radical (unpaired) electrons. The lowest BCUT2D eigenvalue weighted by atomic mass is 10.1. The Morgan fingerprint density at radius 2 is 2.18 bits per heavy atom. The van der Waals surface area contributed by atoms with E-state index in [9.17, 15) is 13.6 Å². The third-order valence-corrected chi connectivity index (χ3v) is 2.93. The first-order valence-corrected chi connectivity index (χ1v) is 5.58. The zero-order valence-corrected chi connectivity index (χ0v) is 9.25. The van der Waals surface area contributed by atoms with Crippen molar-refractivity contribution in [1.82, 2.24) is 5.32 Å². The van der Waals surface area contributed by atoms with E-state index in [0.717, 1.165) is 31.0 Å². The summed E-state index contributed by atoms with van der Waals surface area (Å²) in [5.74, 6) is -1.59. The van der Waals surface area contributed by atoms with Crippen LogP contribution in [0.2, 0.25) is 0 Å². The first kappa shape index (κ1) is 12.0. The number of hydrogen-bond donors (Lipinski definition) is 2. The topological polar surface area (TPSA) is 55.1 Å². The van der Waals surface area contributed by atoms with Gasteiger partial charge in [0, 0.05) is 12.6 Å². The highest BCUT2D eigenvalue weighted by Crippen LogP contribution is 2.32. The summed E-state index contributed by atoms with van der Waals surface area (Å²) >= 11 is 0. The highest BCUT2D eigenvalue weighted by Gasteiger charge is 2.31. The summed E-state index contributed by atoms with van der Waals surface area (Å²) in [6.45, 7) is 0.313. The van der Waals surface area contributed by atoms with E-state index in [1.807, 2.05) is 0 Å². The molecule has 1 atom stereocenters. The molecule has 1 aliphatic rings. The number of nitrogens with two attached hydrogens (primary N) is 1. The molecule has 0 aromatic heterocycles. The second-order valence-corrected chi connectivity index (χ2v) is 4.28. The van der Waals surface area contributed by atoms with Crippen LogP contribution >= 0.6 is 0 Å². The van der Waals surface area contributed by atoms with Crippen molar-refractivity contribution in [3.63, 3.8) is 0 Å². The van der Waals surface area contributed by atoms with Crippen molar-refractivity contribution in [2.24, 2.45) is 11.7 Å². The van der Waals surface area contributed by atoms with Crippen LogP contribution in [0.25, 0.3) is 0 Å². The minimum atomic E-state index is -0.726. The van der Waals surface area contributed by atoms with E-state index in [1.165, 1.54) is 0 Å². The van der Waals surface area contributed by atoms with Crippen molar-refractivity contribution in [1.29, 1.82) is 0 Å². The van der Waals surface area contributed by atoms with Crippen molar-refractivity contribution in [2.45, 2.75) is 18.9 Å². The Kier molecular flexibility index (Phi) is 3.38. The maximum atomic E-state index is 13.3. The molecule has 92 valence electrons. The smallest absolute Gasteiger partial charge is 0.254 e. The van der Waals surface area contributed by atoms with Gasteiger partial charge in [0.25, 0.3) is 5.91 Å². The molecular formula is C12H14F2N2O. The third kappa shape index (κ3) is 2.79. The maximum absolute atomic E-state index is 13.3. The van der Waals surface area contributed by atoms with Gasteiger partial charge in [-0.15, -0.1) is 0 Å². The molecule has 1 unspecified atom stereocenters. The van der Waals surface area contributed by atoms with E-state index in [0.29, 0.717) is 12.5 Å². The van der Waals surface area contributed by atoms with Crippen molar-refractivity contribution in [3.05, 3.63) is 35.4 Å². The van der Waals surface area contributed by atoms with E-state index in [2.05, 4.69) is 5.32 Å². The molecule has 0 saturated heterocycles. The quantitative estimate of drug-likeness (QED) is 0.836. The van der Waals surface area contributed by atoms with Crippen LogP contribution in [0.15, 0.2) is 18.2 Å². The lowest BCUT2D eigenvalue weighted by Crippen LogP contribution is -2.42. The maximum Gasteiger partial charge on any atom is 0.254 e. The summed E-state index contributed by atoms with van der Waals surface area (Å²) in [5, 5.41) is 2.64. The molecule has 1 aromatic rings. The van der Waals surface area contributed by atoms with E-state index in [4.69, 9.17) is 5.73 Å². The fraction of sp³-hybridized carbons (Fsp3) is 0.417. The van der Waals surface area contributed by atoms with Gasteiger partial charge < -0.3 is 11.1 Å². The fourth-order valence-electron chi connectivity index (χ4n) is 1.79. The number of benzene rings is 1. The molecule has 17 heavy (non-hydrogen) atoms.